The quantitative estimate of drug-likeness (QED) is 0.803. The summed E-state index contributed by atoms with van der Waals surface area (Å²) in [6.07, 6.45) is 2.64. The van der Waals surface area contributed by atoms with Crippen molar-refractivity contribution in [2.24, 2.45) is 0 Å². The molecule has 0 aliphatic carbocycles. The molecule has 0 radical (unpaired) electrons. The van der Waals surface area contributed by atoms with Gasteiger partial charge < -0.3 is 15.3 Å². The smallest absolute Gasteiger partial charge is 0.123 e. The summed E-state index contributed by atoms with van der Waals surface area (Å²) in [6.45, 7) is 5.29. The Hall–Kier alpha value is -1.13. The summed E-state index contributed by atoms with van der Waals surface area (Å²) in [5.74, 6) is -0.199. The molecule has 19 heavy (non-hydrogen) atoms. The zero-order chi connectivity index (χ0) is 13.7. The summed E-state index contributed by atoms with van der Waals surface area (Å²) in [7, 11) is 0. The molecule has 1 aromatic carbocycles. The van der Waals surface area contributed by atoms with Gasteiger partial charge in [0.15, 0.2) is 0 Å². The Morgan fingerprint density at radius 2 is 2.32 bits per heavy atom. The topological polar surface area (TPSA) is 35.5 Å². The summed E-state index contributed by atoms with van der Waals surface area (Å²) in [6, 6.07) is 4.93. The monoisotopic (exact) mass is 266 g/mol. The Morgan fingerprint density at radius 3 is 3.05 bits per heavy atom. The Bertz CT molecular complexity index is 411. The van der Waals surface area contributed by atoms with Crippen LogP contribution in [0, 0.1) is 5.82 Å². The molecule has 4 heteroatoms. The second-order valence-corrected chi connectivity index (χ2v) is 5.19. The van der Waals surface area contributed by atoms with Crippen molar-refractivity contribution in [2.45, 2.75) is 38.8 Å². The molecular weight excluding hydrogens is 243 g/mol. The predicted octanol–water partition coefficient (Wildman–Crippen LogP) is 2.29. The fourth-order valence-electron chi connectivity index (χ4n) is 2.58. The maximum absolute atomic E-state index is 13.4. The molecule has 3 nitrogen and oxygen atoms in total. The zero-order valence-electron chi connectivity index (χ0n) is 11.5. The molecule has 0 amide bonds. The lowest BCUT2D eigenvalue weighted by molar-refractivity contribution is 0.154. The second kappa shape index (κ2) is 6.87. The van der Waals surface area contributed by atoms with Crippen LogP contribution in [0.2, 0.25) is 0 Å². The number of nitrogens with one attached hydrogen (secondary N) is 1. The lowest BCUT2D eigenvalue weighted by Crippen LogP contribution is -2.39. The van der Waals surface area contributed by atoms with Crippen LogP contribution >= 0.6 is 0 Å². The van der Waals surface area contributed by atoms with Crippen molar-refractivity contribution in [3.05, 3.63) is 29.6 Å². The summed E-state index contributed by atoms with van der Waals surface area (Å²) >= 11 is 0. The number of nitrogens with zero attached hydrogens (tertiary/aromatic N) is 1. The van der Waals surface area contributed by atoms with Gasteiger partial charge in [0.1, 0.15) is 5.82 Å². The molecular formula is C15H23FN2O. The molecule has 1 aliphatic heterocycles. The van der Waals surface area contributed by atoms with E-state index in [4.69, 9.17) is 0 Å². The number of halogens is 1. The molecule has 2 rings (SSSR count). The number of aliphatic hydroxyl groups excluding tert-OH is 1. The molecule has 0 aromatic heterocycles. The van der Waals surface area contributed by atoms with Crippen LogP contribution in [0.1, 0.15) is 31.7 Å². The minimum Gasteiger partial charge on any atom is -0.391 e. The number of aliphatic hydroxyl groups is 1. The predicted molar refractivity (Wildman–Crippen MR) is 75.9 cm³/mol. The molecule has 0 spiro atoms. The maximum atomic E-state index is 13.4. The molecule has 1 fully saturated rings. The van der Waals surface area contributed by atoms with Gasteiger partial charge in [0.25, 0.3) is 0 Å². The molecule has 0 saturated carbocycles. The Morgan fingerprint density at radius 1 is 1.47 bits per heavy atom. The van der Waals surface area contributed by atoms with Gasteiger partial charge in [0.05, 0.1) is 6.10 Å². The van der Waals surface area contributed by atoms with E-state index in [1.807, 2.05) is 6.07 Å². The van der Waals surface area contributed by atoms with Crippen molar-refractivity contribution in [1.82, 2.24) is 5.32 Å². The van der Waals surface area contributed by atoms with Crippen LogP contribution in [-0.2, 0) is 6.54 Å². The van der Waals surface area contributed by atoms with Gasteiger partial charge in [-0.15, -0.1) is 0 Å². The largest absolute Gasteiger partial charge is 0.391 e. The van der Waals surface area contributed by atoms with Crippen molar-refractivity contribution in [3.8, 4) is 0 Å². The third-order valence-electron chi connectivity index (χ3n) is 3.52. The SMILES string of the molecule is CCCNCc1cc(F)ccc1N1CCCC(O)C1. The summed E-state index contributed by atoms with van der Waals surface area (Å²) in [5.41, 5.74) is 2.02. The number of β-amino-alcohol motifs (C(OH)–C–C–N with tert-alkyl or cyclic N) is 1. The molecule has 1 aromatic rings. The second-order valence-electron chi connectivity index (χ2n) is 5.19. The zero-order valence-corrected chi connectivity index (χ0v) is 11.5. The van der Waals surface area contributed by atoms with E-state index < -0.39 is 0 Å². The Kier molecular flexibility index (Phi) is 5.16. The molecule has 1 aliphatic rings. The van der Waals surface area contributed by atoms with Crippen LogP contribution in [0.25, 0.3) is 0 Å². The average Bonchev–Trinajstić information content (AvgIpc) is 2.39. The third-order valence-corrected chi connectivity index (χ3v) is 3.52. The Balaban J connectivity index is 2.13. The molecule has 1 atom stereocenters. The lowest BCUT2D eigenvalue weighted by Gasteiger charge is -2.33. The van der Waals surface area contributed by atoms with Crippen molar-refractivity contribution in [2.75, 3.05) is 24.5 Å². The van der Waals surface area contributed by atoms with Gasteiger partial charge in [0.2, 0.25) is 0 Å². The number of hydrogen-bond donors (Lipinski definition) is 2. The van der Waals surface area contributed by atoms with E-state index in [9.17, 15) is 9.50 Å². The third kappa shape index (κ3) is 3.91. The first-order valence-corrected chi connectivity index (χ1v) is 7.13. The highest BCUT2D eigenvalue weighted by Gasteiger charge is 2.20. The summed E-state index contributed by atoms with van der Waals surface area (Å²) in [4.78, 5) is 2.16. The van der Waals surface area contributed by atoms with Gasteiger partial charge in [-0.25, -0.2) is 4.39 Å². The van der Waals surface area contributed by atoms with Crippen molar-refractivity contribution in [1.29, 1.82) is 0 Å². The van der Waals surface area contributed by atoms with Gasteiger partial charge in [0, 0.05) is 25.3 Å². The number of benzene rings is 1. The highest BCUT2D eigenvalue weighted by atomic mass is 19.1. The van der Waals surface area contributed by atoms with E-state index in [0.29, 0.717) is 13.1 Å². The van der Waals surface area contributed by atoms with Gasteiger partial charge in [-0.3, -0.25) is 0 Å². The van der Waals surface area contributed by atoms with Gasteiger partial charge in [-0.2, -0.15) is 0 Å². The van der Waals surface area contributed by atoms with E-state index >= 15 is 0 Å². The fraction of sp³-hybridized carbons (Fsp3) is 0.600. The maximum Gasteiger partial charge on any atom is 0.123 e. The standard InChI is InChI=1S/C15H23FN2O/c1-2-7-17-10-12-9-13(16)5-6-15(12)18-8-3-4-14(19)11-18/h5-6,9,14,17,19H,2-4,7-8,10-11H2,1H3. The van der Waals surface area contributed by atoms with Crippen molar-refractivity contribution in [3.63, 3.8) is 0 Å². The van der Waals surface area contributed by atoms with E-state index in [1.165, 1.54) is 6.07 Å². The van der Waals surface area contributed by atoms with E-state index in [0.717, 1.165) is 43.6 Å². The van der Waals surface area contributed by atoms with Crippen LogP contribution in [-0.4, -0.2) is 30.8 Å². The molecule has 0 bridgehead atoms. The molecule has 106 valence electrons. The normalized spacial score (nSPS) is 19.7. The van der Waals surface area contributed by atoms with Crippen LogP contribution in [0.4, 0.5) is 10.1 Å². The summed E-state index contributed by atoms with van der Waals surface area (Å²) < 4.78 is 13.4. The van der Waals surface area contributed by atoms with Crippen LogP contribution < -0.4 is 10.2 Å². The molecule has 2 N–H and O–H groups in total. The molecule has 1 saturated heterocycles. The van der Waals surface area contributed by atoms with Gasteiger partial charge >= 0.3 is 0 Å². The molecule has 1 heterocycles. The number of anilines is 1. The minimum atomic E-state index is -0.268. The Labute approximate surface area is 114 Å². The fourth-order valence-corrected chi connectivity index (χ4v) is 2.58. The van der Waals surface area contributed by atoms with Crippen LogP contribution in [0.3, 0.4) is 0 Å². The first kappa shape index (κ1) is 14.3. The van der Waals surface area contributed by atoms with Crippen molar-refractivity contribution < 1.29 is 9.50 Å². The highest BCUT2D eigenvalue weighted by molar-refractivity contribution is 5.54. The minimum absolute atomic E-state index is 0.199. The molecule has 1 unspecified atom stereocenters. The lowest BCUT2D eigenvalue weighted by atomic mass is 10.0. The number of hydrogen-bond acceptors (Lipinski definition) is 3. The van der Waals surface area contributed by atoms with Crippen LogP contribution in [0.15, 0.2) is 18.2 Å². The number of piperidine rings is 1. The first-order chi connectivity index (χ1) is 9.20. The first-order valence-electron chi connectivity index (χ1n) is 7.13. The highest BCUT2D eigenvalue weighted by Crippen LogP contribution is 2.25. The average molecular weight is 266 g/mol. The summed E-state index contributed by atoms with van der Waals surface area (Å²) in [5, 5.41) is 13.1. The van der Waals surface area contributed by atoms with Crippen molar-refractivity contribution >= 4 is 5.69 Å². The van der Waals surface area contributed by atoms with Gasteiger partial charge in [-0.05, 0) is 49.6 Å². The van der Waals surface area contributed by atoms with Gasteiger partial charge in [-0.1, -0.05) is 6.92 Å². The van der Waals surface area contributed by atoms with E-state index in [1.54, 1.807) is 6.07 Å². The van der Waals surface area contributed by atoms with Crippen LogP contribution in [0.5, 0.6) is 0 Å². The van der Waals surface area contributed by atoms with E-state index in [2.05, 4.69) is 17.1 Å². The number of rotatable bonds is 5. The van der Waals surface area contributed by atoms with E-state index in [-0.39, 0.29) is 11.9 Å².